The molecule has 0 atom stereocenters. The van der Waals surface area contributed by atoms with Crippen LogP contribution in [0.2, 0.25) is 0 Å². The van der Waals surface area contributed by atoms with Gasteiger partial charge < -0.3 is 0 Å². The van der Waals surface area contributed by atoms with Crippen molar-refractivity contribution in [3.8, 4) is 0 Å². The van der Waals surface area contributed by atoms with E-state index in [0.717, 1.165) is 48.5 Å². The maximum absolute atomic E-state index is 14.3. The van der Waals surface area contributed by atoms with Gasteiger partial charge in [-0.25, -0.2) is 17.2 Å². The maximum Gasteiger partial charge on any atom is 0.175 e. The molecule has 0 amide bonds. The van der Waals surface area contributed by atoms with Crippen LogP contribution in [0.3, 0.4) is 0 Å². The Kier molecular flexibility index (Phi) is 3.62. The molecule has 2 aliphatic carbocycles. The number of halogens is 2. The fourth-order valence-electron chi connectivity index (χ4n) is 3.73. The van der Waals surface area contributed by atoms with E-state index in [-0.39, 0.29) is 10.3 Å². The lowest BCUT2D eigenvalue weighted by molar-refractivity contribution is 0.562. The van der Waals surface area contributed by atoms with E-state index in [1.807, 2.05) is 0 Å². The molecule has 2 aromatic rings. The molecule has 2 nitrogen and oxygen atoms in total. The van der Waals surface area contributed by atoms with Crippen molar-refractivity contribution in [2.45, 2.75) is 30.6 Å². The van der Waals surface area contributed by atoms with Crippen molar-refractivity contribution >= 4 is 21.0 Å². The van der Waals surface area contributed by atoms with Gasteiger partial charge in [-0.15, -0.1) is 0 Å². The molecule has 130 valence electrons. The SMILES string of the molecule is CS(=O)(=O)c1ccc(C2=C(c3ccc(F)cc3F)CC3(CC3)C2)cc1. The van der Waals surface area contributed by atoms with Crippen molar-refractivity contribution < 1.29 is 17.2 Å². The summed E-state index contributed by atoms with van der Waals surface area (Å²) in [7, 11) is -3.25. The smallest absolute Gasteiger partial charge is 0.175 e. The number of hydrogen-bond donors (Lipinski definition) is 0. The number of sulfone groups is 1. The first-order valence-corrected chi connectivity index (χ1v) is 10.1. The summed E-state index contributed by atoms with van der Waals surface area (Å²) in [6, 6.07) is 10.5. The van der Waals surface area contributed by atoms with E-state index in [0.29, 0.717) is 5.56 Å². The molecule has 2 aliphatic rings. The third-order valence-electron chi connectivity index (χ3n) is 5.31. The summed E-state index contributed by atoms with van der Waals surface area (Å²) in [6.07, 6.45) is 5.06. The Labute approximate surface area is 146 Å². The van der Waals surface area contributed by atoms with Gasteiger partial charge in [0.15, 0.2) is 9.84 Å². The number of rotatable bonds is 3. The number of benzene rings is 2. The average molecular weight is 360 g/mol. The highest BCUT2D eigenvalue weighted by atomic mass is 32.2. The summed E-state index contributed by atoms with van der Waals surface area (Å²) in [5.41, 5.74) is 3.54. The van der Waals surface area contributed by atoms with E-state index in [1.165, 1.54) is 18.4 Å². The van der Waals surface area contributed by atoms with Gasteiger partial charge in [-0.2, -0.15) is 0 Å². The lowest BCUT2D eigenvalue weighted by atomic mass is 9.97. The first kappa shape index (κ1) is 16.5. The lowest BCUT2D eigenvalue weighted by Crippen LogP contribution is -1.97. The third-order valence-corrected chi connectivity index (χ3v) is 6.44. The minimum Gasteiger partial charge on any atom is -0.224 e. The highest BCUT2D eigenvalue weighted by molar-refractivity contribution is 7.90. The highest BCUT2D eigenvalue weighted by Gasteiger charge is 2.48. The molecule has 1 saturated carbocycles. The molecule has 5 heteroatoms. The quantitative estimate of drug-likeness (QED) is 0.784. The van der Waals surface area contributed by atoms with Gasteiger partial charge in [-0.05, 0) is 72.1 Å². The second-order valence-electron chi connectivity index (χ2n) is 7.23. The van der Waals surface area contributed by atoms with Crippen LogP contribution in [0.5, 0.6) is 0 Å². The second-order valence-corrected chi connectivity index (χ2v) is 9.25. The van der Waals surface area contributed by atoms with Crippen molar-refractivity contribution in [3.05, 3.63) is 65.2 Å². The Morgan fingerprint density at radius 3 is 2.12 bits per heavy atom. The highest BCUT2D eigenvalue weighted by Crippen LogP contribution is 2.63. The predicted octanol–water partition coefficient (Wildman–Crippen LogP) is 4.85. The Morgan fingerprint density at radius 1 is 0.920 bits per heavy atom. The van der Waals surface area contributed by atoms with E-state index in [1.54, 1.807) is 24.3 Å². The minimum atomic E-state index is -3.25. The molecule has 0 saturated heterocycles. The van der Waals surface area contributed by atoms with Crippen molar-refractivity contribution in [2.24, 2.45) is 5.41 Å². The van der Waals surface area contributed by atoms with Gasteiger partial charge in [0.25, 0.3) is 0 Å². The molecule has 4 rings (SSSR count). The zero-order valence-corrected chi connectivity index (χ0v) is 14.7. The Balaban J connectivity index is 1.81. The van der Waals surface area contributed by atoms with Crippen LogP contribution in [-0.4, -0.2) is 14.7 Å². The van der Waals surface area contributed by atoms with Gasteiger partial charge in [0, 0.05) is 17.9 Å². The Morgan fingerprint density at radius 2 is 1.56 bits per heavy atom. The van der Waals surface area contributed by atoms with E-state index >= 15 is 0 Å². The minimum absolute atomic E-state index is 0.209. The largest absolute Gasteiger partial charge is 0.224 e. The van der Waals surface area contributed by atoms with Crippen LogP contribution < -0.4 is 0 Å². The molecular weight excluding hydrogens is 342 g/mol. The van der Waals surface area contributed by atoms with E-state index in [2.05, 4.69) is 0 Å². The normalized spacial score (nSPS) is 18.8. The molecule has 0 bridgehead atoms. The standard InChI is InChI=1S/C20H18F2O2S/c1-25(23,24)15-5-2-13(3-6-15)17-11-20(8-9-20)12-18(17)16-7-4-14(21)10-19(16)22/h2-7,10H,8-9,11-12H2,1H3. The van der Waals surface area contributed by atoms with E-state index < -0.39 is 21.5 Å². The average Bonchev–Trinajstić information content (AvgIpc) is 3.19. The number of allylic oxidation sites excluding steroid dienone is 2. The van der Waals surface area contributed by atoms with Gasteiger partial charge in [-0.3, -0.25) is 0 Å². The molecule has 1 fully saturated rings. The van der Waals surface area contributed by atoms with E-state index in [9.17, 15) is 17.2 Å². The Bertz CT molecular complexity index is 985. The van der Waals surface area contributed by atoms with Crippen LogP contribution in [0.4, 0.5) is 8.78 Å². The van der Waals surface area contributed by atoms with Crippen LogP contribution in [0.15, 0.2) is 47.4 Å². The first-order chi connectivity index (χ1) is 11.8. The monoisotopic (exact) mass is 360 g/mol. The van der Waals surface area contributed by atoms with E-state index in [4.69, 9.17) is 0 Å². The third kappa shape index (κ3) is 3.01. The molecule has 0 unspecified atom stereocenters. The molecule has 0 N–H and O–H groups in total. The summed E-state index contributed by atoms with van der Waals surface area (Å²) < 4.78 is 50.9. The van der Waals surface area contributed by atoms with Crippen molar-refractivity contribution in [3.63, 3.8) is 0 Å². The van der Waals surface area contributed by atoms with Crippen LogP contribution in [0.1, 0.15) is 36.8 Å². The van der Waals surface area contributed by atoms with Gasteiger partial charge in [-0.1, -0.05) is 12.1 Å². The molecule has 0 radical (unpaired) electrons. The number of hydrogen-bond acceptors (Lipinski definition) is 2. The second kappa shape index (κ2) is 5.49. The summed E-state index contributed by atoms with van der Waals surface area (Å²) in [5, 5.41) is 0. The first-order valence-electron chi connectivity index (χ1n) is 8.25. The molecule has 1 spiro atoms. The summed E-state index contributed by atoms with van der Waals surface area (Å²) in [6.45, 7) is 0. The van der Waals surface area contributed by atoms with Crippen LogP contribution in [0.25, 0.3) is 11.1 Å². The molecular formula is C20H18F2O2S. The summed E-state index contributed by atoms with van der Waals surface area (Å²) in [4.78, 5) is 0.269. The zero-order chi connectivity index (χ0) is 17.8. The molecule has 0 aliphatic heterocycles. The predicted molar refractivity (Wildman–Crippen MR) is 93.6 cm³/mol. The zero-order valence-electron chi connectivity index (χ0n) is 13.9. The van der Waals surface area contributed by atoms with Gasteiger partial charge >= 0.3 is 0 Å². The summed E-state index contributed by atoms with van der Waals surface area (Å²) >= 11 is 0. The molecule has 2 aromatic carbocycles. The molecule has 0 heterocycles. The van der Waals surface area contributed by atoms with Crippen LogP contribution >= 0.6 is 0 Å². The molecule has 25 heavy (non-hydrogen) atoms. The van der Waals surface area contributed by atoms with Crippen LogP contribution in [-0.2, 0) is 9.84 Å². The van der Waals surface area contributed by atoms with Gasteiger partial charge in [0.05, 0.1) is 4.90 Å². The van der Waals surface area contributed by atoms with Gasteiger partial charge in [0.2, 0.25) is 0 Å². The van der Waals surface area contributed by atoms with Crippen molar-refractivity contribution in [1.82, 2.24) is 0 Å². The lowest BCUT2D eigenvalue weighted by Gasteiger charge is -2.10. The summed E-state index contributed by atoms with van der Waals surface area (Å²) in [5.74, 6) is -1.13. The van der Waals surface area contributed by atoms with Gasteiger partial charge in [0.1, 0.15) is 11.6 Å². The van der Waals surface area contributed by atoms with Crippen molar-refractivity contribution in [2.75, 3.05) is 6.26 Å². The fraction of sp³-hybridized carbons (Fsp3) is 0.300. The molecule has 0 aromatic heterocycles. The maximum atomic E-state index is 14.3. The topological polar surface area (TPSA) is 34.1 Å². The fourth-order valence-corrected chi connectivity index (χ4v) is 4.36. The van der Waals surface area contributed by atoms with Crippen molar-refractivity contribution in [1.29, 1.82) is 0 Å². The Hall–Kier alpha value is -2.01. The van der Waals surface area contributed by atoms with Crippen LogP contribution in [0, 0.1) is 17.0 Å².